The molecule has 0 aliphatic rings. The summed E-state index contributed by atoms with van der Waals surface area (Å²) < 4.78 is 5.56. The molecule has 0 spiro atoms. The summed E-state index contributed by atoms with van der Waals surface area (Å²) in [7, 11) is 0. The molecule has 0 bridgehead atoms. The highest BCUT2D eigenvalue weighted by Crippen LogP contribution is 2.21. The first-order valence-corrected chi connectivity index (χ1v) is 7.78. The van der Waals surface area contributed by atoms with Gasteiger partial charge in [-0.05, 0) is 38.5 Å². The second-order valence-electron chi connectivity index (χ2n) is 5.26. The Morgan fingerprint density at radius 1 is 1.20 bits per heavy atom. The van der Waals surface area contributed by atoms with Crippen LogP contribution in [0.5, 0.6) is 0 Å². The summed E-state index contributed by atoms with van der Waals surface area (Å²) in [4.78, 5) is 2.83. The van der Waals surface area contributed by atoms with Gasteiger partial charge in [-0.1, -0.05) is 18.2 Å². The van der Waals surface area contributed by atoms with Crippen LogP contribution in [0.1, 0.15) is 22.2 Å². The van der Waals surface area contributed by atoms with Gasteiger partial charge in [0.15, 0.2) is 0 Å². The van der Waals surface area contributed by atoms with Crippen LogP contribution in [-0.4, -0.2) is 6.04 Å². The molecule has 0 radical (unpaired) electrons. The predicted molar refractivity (Wildman–Crippen MR) is 85.3 cm³/mol. The van der Waals surface area contributed by atoms with E-state index < -0.39 is 0 Å². The van der Waals surface area contributed by atoms with Crippen molar-refractivity contribution in [3.63, 3.8) is 0 Å². The molecule has 0 fully saturated rings. The van der Waals surface area contributed by atoms with Gasteiger partial charge < -0.3 is 9.73 Å². The SMILES string of the molecule is Cc1ccc(CC(C)NCc2coc3ccccc23)s1. The number of furan rings is 1. The van der Waals surface area contributed by atoms with Crippen LogP contribution >= 0.6 is 11.3 Å². The van der Waals surface area contributed by atoms with E-state index in [0.717, 1.165) is 18.5 Å². The Morgan fingerprint density at radius 3 is 2.85 bits per heavy atom. The van der Waals surface area contributed by atoms with Crippen LogP contribution in [-0.2, 0) is 13.0 Å². The molecule has 0 aliphatic heterocycles. The van der Waals surface area contributed by atoms with Crippen LogP contribution in [0, 0.1) is 6.92 Å². The summed E-state index contributed by atoms with van der Waals surface area (Å²) in [6.45, 7) is 5.24. The summed E-state index contributed by atoms with van der Waals surface area (Å²) in [5.74, 6) is 0. The highest BCUT2D eigenvalue weighted by atomic mass is 32.1. The molecular weight excluding hydrogens is 266 g/mol. The average Bonchev–Trinajstić information content (AvgIpc) is 3.03. The fourth-order valence-electron chi connectivity index (χ4n) is 2.42. The van der Waals surface area contributed by atoms with Crippen LogP contribution < -0.4 is 5.32 Å². The van der Waals surface area contributed by atoms with E-state index in [-0.39, 0.29) is 0 Å². The van der Waals surface area contributed by atoms with E-state index in [1.165, 1.54) is 20.7 Å². The molecule has 1 unspecified atom stereocenters. The van der Waals surface area contributed by atoms with Crippen LogP contribution in [0.2, 0.25) is 0 Å². The van der Waals surface area contributed by atoms with E-state index in [4.69, 9.17) is 4.42 Å². The van der Waals surface area contributed by atoms with Crippen LogP contribution in [0.25, 0.3) is 11.0 Å². The van der Waals surface area contributed by atoms with Gasteiger partial charge in [-0.2, -0.15) is 0 Å². The minimum atomic E-state index is 0.460. The van der Waals surface area contributed by atoms with E-state index >= 15 is 0 Å². The largest absolute Gasteiger partial charge is 0.464 e. The molecule has 3 rings (SSSR count). The smallest absolute Gasteiger partial charge is 0.134 e. The molecule has 2 nitrogen and oxygen atoms in total. The molecular formula is C17H19NOS. The number of rotatable bonds is 5. The number of hydrogen-bond donors (Lipinski definition) is 1. The van der Waals surface area contributed by atoms with Crippen molar-refractivity contribution in [1.29, 1.82) is 0 Å². The fraction of sp³-hybridized carbons (Fsp3) is 0.294. The van der Waals surface area contributed by atoms with Crippen molar-refractivity contribution in [3.8, 4) is 0 Å². The van der Waals surface area contributed by atoms with Crippen molar-refractivity contribution in [1.82, 2.24) is 5.32 Å². The van der Waals surface area contributed by atoms with Crippen molar-refractivity contribution in [2.45, 2.75) is 32.9 Å². The summed E-state index contributed by atoms with van der Waals surface area (Å²) >= 11 is 1.88. The first-order valence-electron chi connectivity index (χ1n) is 6.96. The molecule has 0 aliphatic carbocycles. The predicted octanol–water partition coefficient (Wildman–Crippen LogP) is 4.52. The minimum Gasteiger partial charge on any atom is -0.464 e. The Morgan fingerprint density at radius 2 is 2.05 bits per heavy atom. The van der Waals surface area contributed by atoms with Crippen molar-refractivity contribution in [3.05, 3.63) is 58.0 Å². The van der Waals surface area contributed by atoms with Crippen LogP contribution in [0.3, 0.4) is 0 Å². The fourth-order valence-corrected chi connectivity index (χ4v) is 3.44. The lowest BCUT2D eigenvalue weighted by molar-refractivity contribution is 0.542. The maximum absolute atomic E-state index is 5.56. The molecule has 0 saturated heterocycles. The molecule has 0 amide bonds. The second kappa shape index (κ2) is 5.81. The summed E-state index contributed by atoms with van der Waals surface area (Å²) in [5.41, 5.74) is 2.20. The third-order valence-corrected chi connectivity index (χ3v) is 4.53. The Hall–Kier alpha value is -1.58. The van der Waals surface area contributed by atoms with E-state index in [1.807, 2.05) is 29.7 Å². The lowest BCUT2D eigenvalue weighted by Gasteiger charge is -2.12. The molecule has 0 saturated carbocycles. The zero-order valence-electron chi connectivity index (χ0n) is 11.8. The maximum atomic E-state index is 5.56. The molecule has 20 heavy (non-hydrogen) atoms. The maximum Gasteiger partial charge on any atom is 0.134 e. The van der Waals surface area contributed by atoms with Crippen molar-refractivity contribution >= 4 is 22.3 Å². The van der Waals surface area contributed by atoms with Gasteiger partial charge in [0.05, 0.1) is 6.26 Å². The first-order chi connectivity index (χ1) is 9.72. The van der Waals surface area contributed by atoms with Gasteiger partial charge in [-0.25, -0.2) is 0 Å². The number of fused-ring (bicyclic) bond motifs is 1. The quantitative estimate of drug-likeness (QED) is 0.745. The van der Waals surface area contributed by atoms with Crippen molar-refractivity contribution in [2.75, 3.05) is 0 Å². The van der Waals surface area contributed by atoms with Gasteiger partial charge >= 0.3 is 0 Å². The van der Waals surface area contributed by atoms with Crippen molar-refractivity contribution in [2.24, 2.45) is 0 Å². The number of para-hydroxylation sites is 1. The van der Waals surface area contributed by atoms with Crippen molar-refractivity contribution < 1.29 is 4.42 Å². The third kappa shape index (κ3) is 2.94. The van der Waals surface area contributed by atoms with Gasteiger partial charge in [-0.3, -0.25) is 0 Å². The lowest BCUT2D eigenvalue weighted by atomic mass is 10.1. The topological polar surface area (TPSA) is 25.2 Å². The second-order valence-corrected chi connectivity index (χ2v) is 6.63. The molecule has 3 aromatic rings. The molecule has 3 heteroatoms. The number of hydrogen-bond acceptors (Lipinski definition) is 3. The zero-order chi connectivity index (χ0) is 13.9. The van der Waals surface area contributed by atoms with Gasteiger partial charge in [0.1, 0.15) is 5.58 Å². The Labute approximate surface area is 123 Å². The number of benzene rings is 1. The average molecular weight is 285 g/mol. The summed E-state index contributed by atoms with van der Waals surface area (Å²) in [6, 6.07) is 13.1. The summed E-state index contributed by atoms with van der Waals surface area (Å²) in [5, 5.41) is 4.79. The number of nitrogens with one attached hydrogen (secondary N) is 1. The highest BCUT2D eigenvalue weighted by Gasteiger charge is 2.08. The van der Waals surface area contributed by atoms with Gasteiger partial charge in [0.2, 0.25) is 0 Å². The van der Waals surface area contributed by atoms with Gasteiger partial charge in [0.25, 0.3) is 0 Å². The number of aryl methyl sites for hydroxylation is 1. The standard InChI is InChI=1S/C17H19NOS/c1-12(9-15-8-7-13(2)20-15)18-10-14-11-19-17-6-4-3-5-16(14)17/h3-8,11-12,18H,9-10H2,1-2H3. The molecule has 1 N–H and O–H groups in total. The van der Waals surface area contributed by atoms with E-state index in [1.54, 1.807) is 0 Å². The minimum absolute atomic E-state index is 0.460. The monoisotopic (exact) mass is 285 g/mol. The molecule has 2 aromatic heterocycles. The molecule has 2 heterocycles. The Balaban J connectivity index is 1.61. The van der Waals surface area contributed by atoms with E-state index in [2.05, 4.69) is 43.4 Å². The molecule has 104 valence electrons. The normalized spacial score (nSPS) is 12.9. The van der Waals surface area contributed by atoms with E-state index in [0.29, 0.717) is 6.04 Å². The Kier molecular flexibility index (Phi) is 3.90. The third-order valence-electron chi connectivity index (χ3n) is 3.51. The molecule has 1 atom stereocenters. The summed E-state index contributed by atoms with van der Waals surface area (Å²) in [6.07, 6.45) is 2.94. The lowest BCUT2D eigenvalue weighted by Crippen LogP contribution is -2.27. The van der Waals surface area contributed by atoms with E-state index in [9.17, 15) is 0 Å². The van der Waals surface area contributed by atoms with Crippen LogP contribution in [0.4, 0.5) is 0 Å². The highest BCUT2D eigenvalue weighted by molar-refractivity contribution is 7.11. The van der Waals surface area contributed by atoms with Gasteiger partial charge in [-0.15, -0.1) is 11.3 Å². The van der Waals surface area contributed by atoms with Crippen LogP contribution in [0.15, 0.2) is 47.1 Å². The van der Waals surface area contributed by atoms with Gasteiger partial charge in [0, 0.05) is 33.3 Å². The number of thiophene rings is 1. The first kappa shape index (κ1) is 13.4. The Bertz CT molecular complexity index is 698. The molecule has 1 aromatic carbocycles. The zero-order valence-corrected chi connectivity index (χ0v) is 12.7.